The highest BCUT2D eigenvalue weighted by atomic mass is 16.5. The monoisotopic (exact) mass is 305 g/mol. The van der Waals surface area contributed by atoms with Crippen molar-refractivity contribution < 1.29 is 19.1 Å². The van der Waals surface area contributed by atoms with Crippen molar-refractivity contribution in [1.82, 2.24) is 5.32 Å². The number of hydrogen-bond acceptors (Lipinski definition) is 4. The molecule has 0 aromatic heterocycles. The Morgan fingerprint density at radius 1 is 1.14 bits per heavy atom. The molecule has 1 N–H and O–H groups in total. The minimum atomic E-state index is -0.869. The third-order valence-corrected chi connectivity index (χ3v) is 4.21. The summed E-state index contributed by atoms with van der Waals surface area (Å²) in [7, 11) is 2.94. The van der Waals surface area contributed by atoms with Gasteiger partial charge in [0.05, 0.1) is 20.6 Å². The average molecular weight is 305 g/mol. The van der Waals surface area contributed by atoms with Crippen molar-refractivity contribution in [2.45, 2.75) is 44.1 Å². The number of para-hydroxylation sites is 1. The van der Waals surface area contributed by atoms with Crippen LogP contribution < -0.4 is 10.1 Å². The molecule has 1 saturated carbocycles. The lowest BCUT2D eigenvalue weighted by Crippen LogP contribution is -2.56. The number of nitrogens with one attached hydrogen (secondary N) is 1. The third-order valence-electron chi connectivity index (χ3n) is 4.21. The number of ether oxygens (including phenoxy) is 2. The quantitative estimate of drug-likeness (QED) is 0.847. The summed E-state index contributed by atoms with van der Waals surface area (Å²) in [5, 5.41) is 2.91. The van der Waals surface area contributed by atoms with E-state index in [2.05, 4.69) is 5.32 Å². The minimum absolute atomic E-state index is 0.183. The van der Waals surface area contributed by atoms with Crippen molar-refractivity contribution >= 4 is 11.9 Å². The Balaban J connectivity index is 2.10. The van der Waals surface area contributed by atoms with E-state index in [4.69, 9.17) is 9.47 Å². The molecule has 1 fully saturated rings. The Hall–Kier alpha value is -2.04. The van der Waals surface area contributed by atoms with Gasteiger partial charge in [0.2, 0.25) is 5.91 Å². The molecule has 0 unspecified atom stereocenters. The van der Waals surface area contributed by atoms with Crippen molar-refractivity contribution in [3.8, 4) is 5.75 Å². The summed E-state index contributed by atoms with van der Waals surface area (Å²) in [5.41, 5.74) is -0.0649. The summed E-state index contributed by atoms with van der Waals surface area (Å²) in [4.78, 5) is 24.5. The molecule has 22 heavy (non-hydrogen) atoms. The minimum Gasteiger partial charge on any atom is -0.496 e. The van der Waals surface area contributed by atoms with Gasteiger partial charge in [-0.2, -0.15) is 0 Å². The van der Waals surface area contributed by atoms with Crippen LogP contribution in [-0.4, -0.2) is 31.6 Å². The Morgan fingerprint density at radius 2 is 1.82 bits per heavy atom. The van der Waals surface area contributed by atoms with Gasteiger partial charge in [0, 0.05) is 5.56 Å². The maximum atomic E-state index is 12.4. The van der Waals surface area contributed by atoms with Gasteiger partial charge in [0.1, 0.15) is 11.3 Å². The van der Waals surface area contributed by atoms with Gasteiger partial charge < -0.3 is 14.8 Å². The molecule has 0 bridgehead atoms. The number of benzene rings is 1. The van der Waals surface area contributed by atoms with E-state index in [1.807, 2.05) is 24.3 Å². The third kappa shape index (κ3) is 3.59. The van der Waals surface area contributed by atoms with Crippen LogP contribution in [0.3, 0.4) is 0 Å². The fraction of sp³-hybridized carbons (Fsp3) is 0.529. The van der Waals surface area contributed by atoms with E-state index in [9.17, 15) is 9.59 Å². The van der Waals surface area contributed by atoms with Crippen molar-refractivity contribution in [3.05, 3.63) is 29.8 Å². The summed E-state index contributed by atoms with van der Waals surface area (Å²) in [6.07, 6.45) is 4.38. The van der Waals surface area contributed by atoms with E-state index in [0.717, 1.165) is 24.8 Å². The highest BCUT2D eigenvalue weighted by Crippen LogP contribution is 2.29. The van der Waals surface area contributed by atoms with Crippen LogP contribution in [0.15, 0.2) is 24.3 Å². The Kier molecular flexibility index (Phi) is 5.41. The molecule has 120 valence electrons. The molecule has 1 aromatic rings. The molecule has 5 heteroatoms. The second-order valence-electron chi connectivity index (χ2n) is 5.67. The second kappa shape index (κ2) is 7.29. The van der Waals surface area contributed by atoms with E-state index < -0.39 is 5.54 Å². The van der Waals surface area contributed by atoms with Crippen molar-refractivity contribution in [1.29, 1.82) is 0 Å². The fourth-order valence-corrected chi connectivity index (χ4v) is 3.06. The van der Waals surface area contributed by atoms with Crippen LogP contribution >= 0.6 is 0 Å². The molecule has 0 radical (unpaired) electrons. The molecule has 0 atom stereocenters. The van der Waals surface area contributed by atoms with E-state index >= 15 is 0 Å². The fourth-order valence-electron chi connectivity index (χ4n) is 3.06. The second-order valence-corrected chi connectivity index (χ2v) is 5.67. The van der Waals surface area contributed by atoms with Gasteiger partial charge in [-0.15, -0.1) is 0 Å². The molecule has 2 rings (SSSR count). The number of carbonyl (C=O) groups is 2. The lowest BCUT2D eigenvalue weighted by atomic mass is 9.81. The van der Waals surface area contributed by atoms with Crippen LogP contribution in [0.1, 0.15) is 37.7 Å². The van der Waals surface area contributed by atoms with E-state index in [1.54, 1.807) is 7.11 Å². The van der Waals surface area contributed by atoms with Crippen LogP contribution in [0.2, 0.25) is 0 Å². The Bertz CT molecular complexity index is 535. The topological polar surface area (TPSA) is 64.6 Å². The first-order chi connectivity index (χ1) is 10.6. The summed E-state index contributed by atoms with van der Waals surface area (Å²) >= 11 is 0. The molecule has 1 aliphatic carbocycles. The first kappa shape index (κ1) is 16.3. The van der Waals surface area contributed by atoms with Gasteiger partial charge in [-0.25, -0.2) is 4.79 Å². The van der Waals surface area contributed by atoms with Gasteiger partial charge in [0.15, 0.2) is 0 Å². The standard InChI is InChI=1S/C17H23NO4/c1-21-14-9-5-4-8-13(14)12-15(19)18-17(16(20)22-2)10-6-3-7-11-17/h4-5,8-9H,3,6-7,10-12H2,1-2H3,(H,18,19). The van der Waals surface area contributed by atoms with Gasteiger partial charge >= 0.3 is 5.97 Å². The number of methoxy groups -OCH3 is 2. The molecule has 0 spiro atoms. The van der Waals surface area contributed by atoms with Gasteiger partial charge in [0.25, 0.3) is 0 Å². The maximum Gasteiger partial charge on any atom is 0.331 e. The first-order valence-corrected chi connectivity index (χ1v) is 7.62. The smallest absolute Gasteiger partial charge is 0.331 e. The lowest BCUT2D eigenvalue weighted by Gasteiger charge is -2.35. The highest BCUT2D eigenvalue weighted by molar-refractivity contribution is 5.89. The predicted octanol–water partition coefficient (Wildman–Crippen LogP) is 2.23. The number of amides is 1. The van der Waals surface area contributed by atoms with Crippen LogP contribution in [-0.2, 0) is 20.7 Å². The van der Waals surface area contributed by atoms with E-state index in [0.29, 0.717) is 18.6 Å². The summed E-state index contributed by atoms with van der Waals surface area (Å²) < 4.78 is 10.2. The zero-order valence-electron chi connectivity index (χ0n) is 13.2. The number of esters is 1. The Labute approximate surface area is 131 Å². The van der Waals surface area contributed by atoms with Crippen LogP contribution in [0.25, 0.3) is 0 Å². The van der Waals surface area contributed by atoms with Crippen molar-refractivity contribution in [2.75, 3.05) is 14.2 Å². The van der Waals surface area contributed by atoms with Crippen LogP contribution in [0.4, 0.5) is 0 Å². The highest BCUT2D eigenvalue weighted by Gasteiger charge is 2.41. The van der Waals surface area contributed by atoms with Crippen LogP contribution in [0, 0.1) is 0 Å². The summed E-state index contributed by atoms with van der Waals surface area (Å²) in [6, 6.07) is 7.39. The van der Waals surface area contributed by atoms with Crippen LogP contribution in [0.5, 0.6) is 5.75 Å². The van der Waals surface area contributed by atoms with Gasteiger partial charge in [-0.1, -0.05) is 37.5 Å². The zero-order chi connectivity index (χ0) is 16.0. The lowest BCUT2D eigenvalue weighted by molar-refractivity contribution is -0.152. The number of hydrogen-bond donors (Lipinski definition) is 1. The van der Waals surface area contributed by atoms with Crippen molar-refractivity contribution in [3.63, 3.8) is 0 Å². The summed E-state index contributed by atoms with van der Waals surface area (Å²) in [6.45, 7) is 0. The van der Waals surface area contributed by atoms with E-state index in [1.165, 1.54) is 7.11 Å². The summed E-state index contributed by atoms with van der Waals surface area (Å²) in [5.74, 6) is 0.144. The van der Waals surface area contributed by atoms with Crippen molar-refractivity contribution in [2.24, 2.45) is 0 Å². The zero-order valence-corrected chi connectivity index (χ0v) is 13.2. The average Bonchev–Trinajstić information content (AvgIpc) is 2.55. The molecule has 0 saturated heterocycles. The largest absolute Gasteiger partial charge is 0.496 e. The molecule has 0 heterocycles. The van der Waals surface area contributed by atoms with Gasteiger partial charge in [-0.3, -0.25) is 4.79 Å². The molecular weight excluding hydrogens is 282 g/mol. The van der Waals surface area contributed by atoms with Gasteiger partial charge in [-0.05, 0) is 18.9 Å². The first-order valence-electron chi connectivity index (χ1n) is 7.62. The molecule has 1 aliphatic rings. The van der Waals surface area contributed by atoms with E-state index in [-0.39, 0.29) is 18.3 Å². The molecule has 0 aliphatic heterocycles. The SMILES string of the molecule is COC(=O)C1(NC(=O)Cc2ccccc2OC)CCCCC1. The number of rotatable bonds is 5. The molecular formula is C17H23NO4. The molecule has 5 nitrogen and oxygen atoms in total. The molecule has 1 amide bonds. The molecule has 1 aromatic carbocycles. The maximum absolute atomic E-state index is 12.4. The normalized spacial score (nSPS) is 16.6. The Morgan fingerprint density at radius 3 is 2.45 bits per heavy atom. The number of carbonyl (C=O) groups excluding carboxylic acids is 2. The predicted molar refractivity (Wildman–Crippen MR) is 82.7 cm³/mol.